The maximum Gasteiger partial charge on any atom is 0.123 e. The van der Waals surface area contributed by atoms with Crippen LogP contribution in [0.25, 0.3) is 0 Å². The number of aryl methyl sites for hydroxylation is 1. The summed E-state index contributed by atoms with van der Waals surface area (Å²) >= 11 is 0. The van der Waals surface area contributed by atoms with Gasteiger partial charge in [-0.2, -0.15) is 0 Å². The third kappa shape index (κ3) is 3.47. The fraction of sp³-hybridized carbons (Fsp3) is 0.625. The van der Waals surface area contributed by atoms with Crippen molar-refractivity contribution in [1.29, 1.82) is 0 Å². The highest BCUT2D eigenvalue weighted by Crippen LogP contribution is 2.34. The van der Waals surface area contributed by atoms with Crippen LogP contribution >= 0.6 is 0 Å². The molecule has 1 aliphatic rings. The highest BCUT2D eigenvalue weighted by Gasteiger charge is 2.24. The second-order valence-electron chi connectivity index (χ2n) is 6.40. The van der Waals surface area contributed by atoms with E-state index in [0.29, 0.717) is 11.5 Å². The molecule has 0 saturated heterocycles. The van der Waals surface area contributed by atoms with Crippen LogP contribution in [0.2, 0.25) is 0 Å². The molecule has 1 N–H and O–H groups in total. The van der Waals surface area contributed by atoms with E-state index in [-0.39, 0.29) is 5.82 Å². The third-order valence-corrected chi connectivity index (χ3v) is 4.12. The number of hydrogen-bond donors (Lipinski definition) is 1. The van der Waals surface area contributed by atoms with Crippen molar-refractivity contribution in [3.05, 3.63) is 29.6 Å². The van der Waals surface area contributed by atoms with Gasteiger partial charge in [0.2, 0.25) is 0 Å². The highest BCUT2D eigenvalue weighted by atomic mass is 19.1. The Morgan fingerprint density at radius 3 is 2.72 bits per heavy atom. The SMILES string of the molecule is Cc1cc(F)ccc1NC1CCCC(C)(C)CC1. The van der Waals surface area contributed by atoms with E-state index in [9.17, 15) is 4.39 Å². The lowest BCUT2D eigenvalue weighted by Crippen LogP contribution is -2.19. The zero-order valence-corrected chi connectivity index (χ0v) is 11.7. The molecule has 1 unspecified atom stereocenters. The Balaban J connectivity index is 2.01. The van der Waals surface area contributed by atoms with Crippen molar-refractivity contribution in [1.82, 2.24) is 0 Å². The lowest BCUT2D eigenvalue weighted by Gasteiger charge is -2.23. The maximum atomic E-state index is 13.1. The van der Waals surface area contributed by atoms with Gasteiger partial charge in [-0.1, -0.05) is 20.3 Å². The van der Waals surface area contributed by atoms with Crippen molar-refractivity contribution in [2.75, 3.05) is 5.32 Å². The van der Waals surface area contributed by atoms with Gasteiger partial charge in [-0.05, 0) is 61.8 Å². The molecule has 0 amide bonds. The molecule has 1 aromatic carbocycles. The molecule has 0 aromatic heterocycles. The second kappa shape index (κ2) is 5.29. The molecular formula is C16H24FN. The average molecular weight is 249 g/mol. The summed E-state index contributed by atoms with van der Waals surface area (Å²) in [4.78, 5) is 0. The van der Waals surface area contributed by atoms with Crippen molar-refractivity contribution < 1.29 is 4.39 Å². The standard InChI is InChI=1S/C16H24FN/c1-12-11-13(17)6-7-15(12)18-14-5-4-9-16(2,3)10-8-14/h6-7,11,14,18H,4-5,8-10H2,1-3H3. The van der Waals surface area contributed by atoms with Crippen molar-refractivity contribution in [3.8, 4) is 0 Å². The van der Waals surface area contributed by atoms with Gasteiger partial charge in [0.05, 0.1) is 0 Å². The first-order chi connectivity index (χ1) is 8.46. The van der Waals surface area contributed by atoms with Gasteiger partial charge in [0, 0.05) is 11.7 Å². The Hall–Kier alpha value is -1.05. The van der Waals surface area contributed by atoms with Gasteiger partial charge in [0.25, 0.3) is 0 Å². The summed E-state index contributed by atoms with van der Waals surface area (Å²) in [6, 6.07) is 5.54. The molecule has 2 rings (SSSR count). The molecule has 100 valence electrons. The van der Waals surface area contributed by atoms with E-state index < -0.39 is 0 Å². The van der Waals surface area contributed by atoms with Crippen LogP contribution in [0, 0.1) is 18.2 Å². The van der Waals surface area contributed by atoms with Crippen LogP contribution in [0.15, 0.2) is 18.2 Å². The summed E-state index contributed by atoms with van der Waals surface area (Å²) in [5.74, 6) is -0.153. The predicted molar refractivity (Wildman–Crippen MR) is 75.4 cm³/mol. The van der Waals surface area contributed by atoms with Crippen molar-refractivity contribution in [2.45, 2.75) is 58.9 Å². The van der Waals surface area contributed by atoms with E-state index in [1.54, 1.807) is 6.07 Å². The molecule has 0 aliphatic heterocycles. The monoisotopic (exact) mass is 249 g/mol. The minimum absolute atomic E-state index is 0.153. The maximum absolute atomic E-state index is 13.1. The van der Waals surface area contributed by atoms with Crippen LogP contribution in [-0.2, 0) is 0 Å². The number of benzene rings is 1. The molecule has 18 heavy (non-hydrogen) atoms. The Morgan fingerprint density at radius 2 is 2.00 bits per heavy atom. The highest BCUT2D eigenvalue weighted by molar-refractivity contribution is 5.51. The fourth-order valence-corrected chi connectivity index (χ4v) is 2.81. The average Bonchev–Trinajstić information content (AvgIpc) is 2.44. The fourth-order valence-electron chi connectivity index (χ4n) is 2.81. The Morgan fingerprint density at radius 1 is 1.22 bits per heavy atom. The van der Waals surface area contributed by atoms with E-state index in [0.717, 1.165) is 11.3 Å². The third-order valence-electron chi connectivity index (χ3n) is 4.12. The van der Waals surface area contributed by atoms with Crippen LogP contribution < -0.4 is 5.32 Å². The zero-order valence-electron chi connectivity index (χ0n) is 11.7. The zero-order chi connectivity index (χ0) is 13.2. The van der Waals surface area contributed by atoms with Gasteiger partial charge < -0.3 is 5.32 Å². The van der Waals surface area contributed by atoms with Crippen molar-refractivity contribution >= 4 is 5.69 Å². The molecule has 2 heteroatoms. The van der Waals surface area contributed by atoms with Crippen LogP contribution in [0.1, 0.15) is 51.5 Å². The van der Waals surface area contributed by atoms with Gasteiger partial charge in [0.1, 0.15) is 5.82 Å². The number of nitrogens with one attached hydrogen (secondary N) is 1. The number of hydrogen-bond acceptors (Lipinski definition) is 1. The normalized spacial score (nSPS) is 23.4. The Bertz CT molecular complexity index is 412. The summed E-state index contributed by atoms with van der Waals surface area (Å²) in [7, 11) is 0. The first-order valence-electron chi connectivity index (χ1n) is 6.99. The first kappa shape index (κ1) is 13.4. The van der Waals surface area contributed by atoms with Crippen molar-refractivity contribution in [3.63, 3.8) is 0 Å². The van der Waals surface area contributed by atoms with Crippen LogP contribution in [0.3, 0.4) is 0 Å². The van der Waals surface area contributed by atoms with E-state index in [4.69, 9.17) is 0 Å². The number of halogens is 1. The van der Waals surface area contributed by atoms with E-state index in [1.165, 1.54) is 38.2 Å². The molecule has 1 aromatic rings. The lowest BCUT2D eigenvalue weighted by atomic mass is 9.85. The predicted octanol–water partition coefficient (Wildman–Crippen LogP) is 4.90. The van der Waals surface area contributed by atoms with Gasteiger partial charge in [-0.15, -0.1) is 0 Å². The quantitative estimate of drug-likeness (QED) is 0.735. The molecule has 0 radical (unpaired) electrons. The van der Waals surface area contributed by atoms with Crippen molar-refractivity contribution in [2.24, 2.45) is 5.41 Å². The molecule has 0 spiro atoms. The summed E-state index contributed by atoms with van der Waals surface area (Å²) in [6.07, 6.45) is 6.30. The summed E-state index contributed by atoms with van der Waals surface area (Å²) in [5.41, 5.74) is 2.56. The van der Waals surface area contributed by atoms with E-state index in [1.807, 2.05) is 13.0 Å². The lowest BCUT2D eigenvalue weighted by molar-refractivity contribution is 0.313. The van der Waals surface area contributed by atoms with Gasteiger partial charge >= 0.3 is 0 Å². The summed E-state index contributed by atoms with van der Waals surface area (Å²) < 4.78 is 13.1. The number of anilines is 1. The topological polar surface area (TPSA) is 12.0 Å². The molecule has 1 nitrogen and oxygen atoms in total. The molecule has 1 saturated carbocycles. The molecule has 0 bridgehead atoms. The molecule has 1 aliphatic carbocycles. The van der Waals surface area contributed by atoms with Gasteiger partial charge in [-0.3, -0.25) is 0 Å². The van der Waals surface area contributed by atoms with Gasteiger partial charge in [-0.25, -0.2) is 4.39 Å². The molecular weight excluding hydrogens is 225 g/mol. The summed E-state index contributed by atoms with van der Waals surface area (Å²) in [5, 5.41) is 3.59. The minimum Gasteiger partial charge on any atom is -0.382 e. The molecule has 0 heterocycles. The van der Waals surface area contributed by atoms with Gasteiger partial charge in [0.15, 0.2) is 0 Å². The second-order valence-corrected chi connectivity index (χ2v) is 6.40. The Labute approximate surface area is 110 Å². The van der Waals surface area contributed by atoms with Crippen LogP contribution in [0.5, 0.6) is 0 Å². The summed E-state index contributed by atoms with van der Waals surface area (Å²) in [6.45, 7) is 6.68. The molecule has 1 fully saturated rings. The minimum atomic E-state index is -0.153. The molecule has 1 atom stereocenters. The van der Waals surface area contributed by atoms with Crippen LogP contribution in [0.4, 0.5) is 10.1 Å². The largest absolute Gasteiger partial charge is 0.382 e. The van der Waals surface area contributed by atoms with E-state index >= 15 is 0 Å². The van der Waals surface area contributed by atoms with Crippen LogP contribution in [-0.4, -0.2) is 6.04 Å². The first-order valence-corrected chi connectivity index (χ1v) is 6.99. The van der Waals surface area contributed by atoms with E-state index in [2.05, 4.69) is 19.2 Å². The Kier molecular flexibility index (Phi) is 3.94. The smallest absolute Gasteiger partial charge is 0.123 e. The number of rotatable bonds is 2.